The lowest BCUT2D eigenvalue weighted by atomic mass is 9.95. The van der Waals surface area contributed by atoms with Crippen molar-refractivity contribution in [2.24, 2.45) is 5.92 Å². The molecule has 0 spiro atoms. The van der Waals surface area contributed by atoms with Crippen LogP contribution < -0.4 is 5.32 Å². The summed E-state index contributed by atoms with van der Waals surface area (Å²) in [5, 5.41) is 2.96. The highest BCUT2D eigenvalue weighted by atomic mass is 16.2. The van der Waals surface area contributed by atoms with Gasteiger partial charge in [0.15, 0.2) is 0 Å². The summed E-state index contributed by atoms with van der Waals surface area (Å²) < 4.78 is 0. The number of hydrogen-bond donors (Lipinski definition) is 1. The van der Waals surface area contributed by atoms with Gasteiger partial charge in [-0.2, -0.15) is 0 Å². The fourth-order valence-electron chi connectivity index (χ4n) is 3.81. The van der Waals surface area contributed by atoms with Crippen LogP contribution in [0.25, 0.3) is 0 Å². The van der Waals surface area contributed by atoms with Gasteiger partial charge in [-0.05, 0) is 63.2 Å². The van der Waals surface area contributed by atoms with Crippen LogP contribution in [0.5, 0.6) is 0 Å². The van der Waals surface area contributed by atoms with Crippen molar-refractivity contribution in [2.45, 2.75) is 26.3 Å². The molecular formula is C24H33N5O2. The van der Waals surface area contributed by atoms with Gasteiger partial charge in [-0.3, -0.25) is 9.78 Å². The van der Waals surface area contributed by atoms with Crippen LogP contribution >= 0.6 is 0 Å². The molecule has 0 atom stereocenters. The van der Waals surface area contributed by atoms with Gasteiger partial charge in [0, 0.05) is 56.7 Å². The van der Waals surface area contributed by atoms with Crippen molar-refractivity contribution in [3.63, 3.8) is 0 Å². The Morgan fingerprint density at radius 3 is 2.55 bits per heavy atom. The van der Waals surface area contributed by atoms with E-state index in [1.54, 1.807) is 11.1 Å². The van der Waals surface area contributed by atoms with E-state index in [2.05, 4.69) is 15.2 Å². The van der Waals surface area contributed by atoms with Crippen LogP contribution in [0.3, 0.4) is 0 Å². The minimum absolute atomic E-state index is 0.0538. The summed E-state index contributed by atoms with van der Waals surface area (Å²) in [4.78, 5) is 35.9. The Morgan fingerprint density at radius 2 is 1.90 bits per heavy atom. The molecule has 0 radical (unpaired) electrons. The number of rotatable bonds is 7. The van der Waals surface area contributed by atoms with E-state index >= 15 is 0 Å². The van der Waals surface area contributed by atoms with Gasteiger partial charge in [0.1, 0.15) is 0 Å². The maximum absolute atomic E-state index is 13.3. The average Bonchev–Trinajstić information content (AvgIpc) is 2.77. The molecule has 1 fully saturated rings. The number of aryl methyl sites for hydroxylation is 1. The Labute approximate surface area is 185 Å². The minimum Gasteiger partial charge on any atom is -0.337 e. The lowest BCUT2D eigenvalue weighted by molar-refractivity contribution is -0.137. The van der Waals surface area contributed by atoms with Crippen LogP contribution in [0.2, 0.25) is 0 Å². The molecular weight excluding hydrogens is 390 g/mol. The molecule has 0 unspecified atom stereocenters. The maximum Gasteiger partial charge on any atom is 0.321 e. The normalized spacial score (nSPS) is 14.5. The van der Waals surface area contributed by atoms with E-state index in [9.17, 15) is 9.59 Å². The lowest BCUT2D eigenvalue weighted by Gasteiger charge is -2.34. The first-order valence-corrected chi connectivity index (χ1v) is 10.9. The quantitative estimate of drug-likeness (QED) is 0.742. The van der Waals surface area contributed by atoms with Crippen molar-refractivity contribution in [3.8, 4) is 0 Å². The topological polar surface area (TPSA) is 68.8 Å². The molecule has 7 heteroatoms. The van der Waals surface area contributed by atoms with Crippen LogP contribution in [0.1, 0.15) is 24.0 Å². The first kappa shape index (κ1) is 22.7. The van der Waals surface area contributed by atoms with Gasteiger partial charge in [0.05, 0.1) is 0 Å². The van der Waals surface area contributed by atoms with Crippen molar-refractivity contribution >= 4 is 17.6 Å². The number of piperidine rings is 1. The van der Waals surface area contributed by atoms with Crippen LogP contribution in [0.4, 0.5) is 10.5 Å². The van der Waals surface area contributed by atoms with Gasteiger partial charge < -0.3 is 20.0 Å². The van der Waals surface area contributed by atoms with Gasteiger partial charge >= 0.3 is 6.03 Å². The molecule has 166 valence electrons. The fraction of sp³-hybridized carbons (Fsp3) is 0.458. The standard InChI is InChI=1S/C24H33N5O2/c1-19-6-4-8-22(16-19)26-24(31)28-12-9-21(10-13-28)23(30)29(15-14-27(2)3)18-20-7-5-11-25-17-20/h4-8,11,16-17,21H,9-10,12-15,18H2,1-3H3,(H,26,31). The maximum atomic E-state index is 13.3. The number of hydrogen-bond acceptors (Lipinski definition) is 4. The molecule has 3 amide bonds. The van der Waals surface area contributed by atoms with Crippen molar-refractivity contribution in [3.05, 3.63) is 59.9 Å². The van der Waals surface area contributed by atoms with Crippen molar-refractivity contribution in [2.75, 3.05) is 45.6 Å². The van der Waals surface area contributed by atoms with E-state index in [4.69, 9.17) is 0 Å². The number of nitrogens with one attached hydrogen (secondary N) is 1. The molecule has 1 aromatic carbocycles. The molecule has 1 aromatic heterocycles. The second-order valence-electron chi connectivity index (χ2n) is 8.49. The van der Waals surface area contributed by atoms with E-state index in [1.165, 1.54) is 0 Å². The summed E-state index contributed by atoms with van der Waals surface area (Å²) in [6.07, 6.45) is 4.93. The largest absolute Gasteiger partial charge is 0.337 e. The first-order valence-electron chi connectivity index (χ1n) is 10.9. The summed E-state index contributed by atoms with van der Waals surface area (Å²) in [6, 6.07) is 11.6. The van der Waals surface area contributed by atoms with Gasteiger partial charge in [-0.1, -0.05) is 18.2 Å². The summed E-state index contributed by atoms with van der Waals surface area (Å²) in [7, 11) is 4.02. The van der Waals surface area contributed by atoms with Gasteiger partial charge in [-0.15, -0.1) is 0 Å². The van der Waals surface area contributed by atoms with E-state index in [0.29, 0.717) is 39.0 Å². The number of carbonyl (C=O) groups excluding carboxylic acids is 2. The number of carbonyl (C=O) groups is 2. The van der Waals surface area contributed by atoms with Gasteiger partial charge in [-0.25, -0.2) is 4.79 Å². The average molecular weight is 424 g/mol. The van der Waals surface area contributed by atoms with E-state index < -0.39 is 0 Å². The Kier molecular flexibility index (Phi) is 8.00. The number of nitrogens with zero attached hydrogens (tertiary/aromatic N) is 4. The number of urea groups is 1. The SMILES string of the molecule is Cc1cccc(NC(=O)N2CCC(C(=O)N(CCN(C)C)Cc3cccnc3)CC2)c1. The van der Waals surface area contributed by atoms with Crippen molar-refractivity contribution in [1.82, 2.24) is 19.7 Å². The molecule has 2 heterocycles. The third kappa shape index (κ3) is 6.79. The number of benzene rings is 1. The van der Waals surface area contributed by atoms with Crippen LogP contribution in [0.15, 0.2) is 48.8 Å². The second-order valence-corrected chi connectivity index (χ2v) is 8.49. The Morgan fingerprint density at radius 1 is 1.13 bits per heavy atom. The monoisotopic (exact) mass is 423 g/mol. The van der Waals surface area contributed by atoms with Crippen LogP contribution in [-0.2, 0) is 11.3 Å². The smallest absolute Gasteiger partial charge is 0.321 e. The van der Waals surface area contributed by atoms with Gasteiger partial charge in [0.2, 0.25) is 5.91 Å². The molecule has 0 saturated carbocycles. The third-order valence-corrected chi connectivity index (χ3v) is 5.63. The molecule has 0 aliphatic carbocycles. The van der Waals surface area contributed by atoms with E-state index in [0.717, 1.165) is 23.4 Å². The van der Waals surface area contributed by atoms with E-state index in [-0.39, 0.29) is 17.9 Å². The van der Waals surface area contributed by atoms with Crippen molar-refractivity contribution in [1.29, 1.82) is 0 Å². The number of anilines is 1. The summed E-state index contributed by atoms with van der Waals surface area (Å²) in [5.74, 6) is 0.117. The first-order chi connectivity index (χ1) is 14.9. The molecule has 0 bridgehead atoms. The summed E-state index contributed by atoms with van der Waals surface area (Å²) in [6.45, 7) is 5.22. The van der Waals surface area contributed by atoms with E-state index in [1.807, 2.05) is 68.5 Å². The molecule has 1 saturated heterocycles. The Balaban J connectivity index is 1.56. The number of pyridine rings is 1. The zero-order chi connectivity index (χ0) is 22.2. The predicted molar refractivity (Wildman–Crippen MR) is 123 cm³/mol. The number of amides is 3. The molecule has 1 aliphatic rings. The number of aromatic nitrogens is 1. The zero-order valence-corrected chi connectivity index (χ0v) is 18.8. The molecule has 1 N–H and O–H groups in total. The van der Waals surface area contributed by atoms with Crippen LogP contribution in [-0.4, -0.2) is 71.9 Å². The fourth-order valence-corrected chi connectivity index (χ4v) is 3.81. The summed E-state index contributed by atoms with van der Waals surface area (Å²) in [5.41, 5.74) is 2.94. The minimum atomic E-state index is -0.101. The number of likely N-dealkylation sites (tertiary alicyclic amines) is 1. The summed E-state index contributed by atoms with van der Waals surface area (Å²) >= 11 is 0. The number of likely N-dealkylation sites (N-methyl/N-ethyl adjacent to an activating group) is 1. The third-order valence-electron chi connectivity index (χ3n) is 5.63. The van der Waals surface area contributed by atoms with Crippen LogP contribution in [0, 0.1) is 12.8 Å². The molecule has 1 aliphatic heterocycles. The second kappa shape index (κ2) is 10.9. The highest BCUT2D eigenvalue weighted by Crippen LogP contribution is 2.22. The van der Waals surface area contributed by atoms with Gasteiger partial charge in [0.25, 0.3) is 0 Å². The Hall–Kier alpha value is -2.93. The molecule has 2 aromatic rings. The highest BCUT2D eigenvalue weighted by molar-refractivity contribution is 5.89. The lowest BCUT2D eigenvalue weighted by Crippen LogP contribution is -2.46. The Bertz CT molecular complexity index is 863. The van der Waals surface area contributed by atoms with Crippen molar-refractivity contribution < 1.29 is 9.59 Å². The molecule has 7 nitrogen and oxygen atoms in total. The predicted octanol–water partition coefficient (Wildman–Crippen LogP) is 3.22. The zero-order valence-electron chi connectivity index (χ0n) is 18.8. The molecule has 31 heavy (non-hydrogen) atoms. The molecule has 3 rings (SSSR count). The highest BCUT2D eigenvalue weighted by Gasteiger charge is 2.30.